The molecule has 3 heteroatoms. The molecule has 1 rings (SSSR count). The first-order chi connectivity index (χ1) is 6.36. The average Bonchev–Trinajstić information content (AvgIpc) is 2.59. The first-order valence-electron chi connectivity index (χ1n) is 5.17. The van der Waals surface area contributed by atoms with Crippen LogP contribution in [0, 0.1) is 0 Å². The molecule has 1 nitrogen and oxygen atoms in total. The molecule has 0 spiro atoms. The molecule has 13 heavy (non-hydrogen) atoms. The van der Waals surface area contributed by atoms with E-state index in [1.165, 1.54) is 35.9 Å². The minimum atomic E-state index is 0.549. The fraction of sp³-hybridized carbons (Fsp3) is 1.00. The Morgan fingerprint density at radius 2 is 1.46 bits per heavy atom. The van der Waals surface area contributed by atoms with Crippen molar-refractivity contribution < 1.29 is 4.74 Å². The Bertz CT molecular complexity index is 116. The van der Waals surface area contributed by atoms with E-state index < -0.39 is 0 Å². The van der Waals surface area contributed by atoms with Crippen LogP contribution in [0.15, 0.2) is 0 Å². The second kappa shape index (κ2) is 7.02. The molecular formula is C10H20OS2. The third-order valence-corrected chi connectivity index (χ3v) is 4.24. The van der Waals surface area contributed by atoms with Crippen LogP contribution in [0.25, 0.3) is 0 Å². The summed E-state index contributed by atoms with van der Waals surface area (Å²) in [6.07, 6.45) is 3.66. The molecule has 0 radical (unpaired) electrons. The lowest BCUT2D eigenvalue weighted by Gasteiger charge is -2.12. The van der Waals surface area contributed by atoms with Gasteiger partial charge in [-0.05, 0) is 24.3 Å². The molecule has 1 unspecified atom stereocenters. The lowest BCUT2D eigenvalue weighted by Crippen LogP contribution is -2.15. The highest BCUT2D eigenvalue weighted by molar-refractivity contribution is 7.99. The number of hydrogen-bond donors (Lipinski definition) is 0. The monoisotopic (exact) mass is 220 g/mol. The standard InChI is InChI=1S/C10H20OS2/c1-3-12-7-9-5-6-10(11-9)8-13-4-2/h9-10H,3-8H2,1-2H3/t9-,10?/m1/s1. The zero-order valence-electron chi connectivity index (χ0n) is 8.62. The van der Waals surface area contributed by atoms with E-state index in [9.17, 15) is 0 Å². The van der Waals surface area contributed by atoms with Crippen LogP contribution in [0.2, 0.25) is 0 Å². The normalized spacial score (nSPS) is 28.2. The van der Waals surface area contributed by atoms with Crippen molar-refractivity contribution in [2.75, 3.05) is 23.0 Å². The summed E-state index contributed by atoms with van der Waals surface area (Å²) >= 11 is 4.00. The molecule has 1 fully saturated rings. The van der Waals surface area contributed by atoms with Gasteiger partial charge in [-0.25, -0.2) is 0 Å². The van der Waals surface area contributed by atoms with Gasteiger partial charge in [-0.15, -0.1) is 0 Å². The van der Waals surface area contributed by atoms with E-state index in [1.807, 2.05) is 23.5 Å². The Morgan fingerprint density at radius 3 is 1.85 bits per heavy atom. The first-order valence-corrected chi connectivity index (χ1v) is 7.48. The smallest absolute Gasteiger partial charge is 0.0670 e. The van der Waals surface area contributed by atoms with Crippen LogP contribution in [-0.4, -0.2) is 35.2 Å². The second-order valence-corrected chi connectivity index (χ2v) is 5.91. The Kier molecular flexibility index (Phi) is 6.33. The molecule has 1 heterocycles. The van der Waals surface area contributed by atoms with E-state index in [0.717, 1.165) is 0 Å². The predicted octanol–water partition coefficient (Wildman–Crippen LogP) is 3.04. The van der Waals surface area contributed by atoms with Gasteiger partial charge in [0.25, 0.3) is 0 Å². The van der Waals surface area contributed by atoms with Crippen molar-refractivity contribution >= 4 is 23.5 Å². The number of rotatable bonds is 6. The van der Waals surface area contributed by atoms with Gasteiger partial charge in [0.15, 0.2) is 0 Å². The van der Waals surface area contributed by atoms with Gasteiger partial charge in [0.1, 0.15) is 0 Å². The molecule has 0 aliphatic carbocycles. The summed E-state index contributed by atoms with van der Waals surface area (Å²) in [4.78, 5) is 0. The van der Waals surface area contributed by atoms with Crippen LogP contribution in [0.4, 0.5) is 0 Å². The Labute approximate surface area is 90.4 Å². The molecule has 1 aliphatic heterocycles. The van der Waals surface area contributed by atoms with Crippen LogP contribution < -0.4 is 0 Å². The Hall–Kier alpha value is 0.660. The van der Waals surface area contributed by atoms with Gasteiger partial charge in [-0.3, -0.25) is 0 Å². The molecule has 0 bridgehead atoms. The number of hydrogen-bond acceptors (Lipinski definition) is 3. The highest BCUT2D eigenvalue weighted by atomic mass is 32.2. The van der Waals surface area contributed by atoms with Crippen molar-refractivity contribution in [2.24, 2.45) is 0 Å². The maximum absolute atomic E-state index is 5.92. The fourth-order valence-electron chi connectivity index (χ4n) is 1.52. The third kappa shape index (κ3) is 4.61. The van der Waals surface area contributed by atoms with Crippen LogP contribution in [0.1, 0.15) is 26.7 Å². The zero-order chi connectivity index (χ0) is 9.52. The maximum atomic E-state index is 5.92. The molecule has 1 saturated heterocycles. The molecule has 0 aromatic heterocycles. The van der Waals surface area contributed by atoms with Crippen molar-refractivity contribution in [3.8, 4) is 0 Å². The summed E-state index contributed by atoms with van der Waals surface area (Å²) in [5, 5.41) is 0. The lowest BCUT2D eigenvalue weighted by molar-refractivity contribution is 0.0727. The first kappa shape index (κ1) is 11.7. The van der Waals surface area contributed by atoms with Gasteiger partial charge >= 0.3 is 0 Å². The SMILES string of the molecule is CCSCC1CC[C@H](CSCC)O1. The van der Waals surface area contributed by atoms with Gasteiger partial charge in [0.05, 0.1) is 12.2 Å². The van der Waals surface area contributed by atoms with Crippen LogP contribution in [0.3, 0.4) is 0 Å². The van der Waals surface area contributed by atoms with Gasteiger partial charge in [0, 0.05) is 11.5 Å². The lowest BCUT2D eigenvalue weighted by atomic mass is 10.2. The van der Waals surface area contributed by atoms with Gasteiger partial charge in [-0.2, -0.15) is 23.5 Å². The quantitative estimate of drug-likeness (QED) is 0.681. The molecule has 0 saturated carbocycles. The van der Waals surface area contributed by atoms with E-state index in [2.05, 4.69) is 13.8 Å². The van der Waals surface area contributed by atoms with Gasteiger partial charge in [0.2, 0.25) is 0 Å². The molecule has 2 atom stereocenters. The topological polar surface area (TPSA) is 9.23 Å². The molecule has 0 aromatic rings. The molecule has 1 aliphatic rings. The summed E-state index contributed by atoms with van der Waals surface area (Å²) < 4.78 is 5.92. The van der Waals surface area contributed by atoms with Gasteiger partial charge < -0.3 is 4.74 Å². The highest BCUT2D eigenvalue weighted by Crippen LogP contribution is 2.24. The molecule has 0 N–H and O–H groups in total. The molecule has 78 valence electrons. The van der Waals surface area contributed by atoms with Crippen LogP contribution in [-0.2, 0) is 4.74 Å². The van der Waals surface area contributed by atoms with Crippen LogP contribution in [0.5, 0.6) is 0 Å². The zero-order valence-corrected chi connectivity index (χ0v) is 10.3. The summed E-state index contributed by atoms with van der Waals surface area (Å²) in [5.74, 6) is 4.83. The van der Waals surface area contributed by atoms with Crippen molar-refractivity contribution in [1.82, 2.24) is 0 Å². The summed E-state index contributed by atoms with van der Waals surface area (Å²) in [6.45, 7) is 4.42. The summed E-state index contributed by atoms with van der Waals surface area (Å²) in [7, 11) is 0. The predicted molar refractivity (Wildman–Crippen MR) is 63.9 cm³/mol. The summed E-state index contributed by atoms with van der Waals surface area (Å²) in [6, 6.07) is 0. The largest absolute Gasteiger partial charge is 0.373 e. The average molecular weight is 220 g/mol. The van der Waals surface area contributed by atoms with E-state index in [4.69, 9.17) is 4.74 Å². The van der Waals surface area contributed by atoms with Gasteiger partial charge in [-0.1, -0.05) is 13.8 Å². The van der Waals surface area contributed by atoms with Crippen molar-refractivity contribution in [2.45, 2.75) is 38.9 Å². The second-order valence-electron chi connectivity index (χ2n) is 3.28. The Balaban J connectivity index is 2.05. The van der Waals surface area contributed by atoms with E-state index in [-0.39, 0.29) is 0 Å². The minimum Gasteiger partial charge on any atom is -0.373 e. The summed E-state index contributed by atoms with van der Waals surface area (Å²) in [5.41, 5.74) is 0. The van der Waals surface area contributed by atoms with Crippen molar-refractivity contribution in [3.05, 3.63) is 0 Å². The van der Waals surface area contributed by atoms with Crippen molar-refractivity contribution in [3.63, 3.8) is 0 Å². The van der Waals surface area contributed by atoms with E-state index in [0.29, 0.717) is 12.2 Å². The fourth-order valence-corrected chi connectivity index (χ4v) is 3.01. The van der Waals surface area contributed by atoms with Crippen LogP contribution >= 0.6 is 23.5 Å². The molecule has 0 amide bonds. The number of thioether (sulfide) groups is 2. The molecule has 0 aromatic carbocycles. The third-order valence-electron chi connectivity index (χ3n) is 2.21. The molecular weight excluding hydrogens is 200 g/mol. The Morgan fingerprint density at radius 1 is 1.00 bits per heavy atom. The van der Waals surface area contributed by atoms with E-state index >= 15 is 0 Å². The van der Waals surface area contributed by atoms with E-state index in [1.54, 1.807) is 0 Å². The number of ether oxygens (including phenoxy) is 1. The highest BCUT2D eigenvalue weighted by Gasteiger charge is 2.24. The maximum Gasteiger partial charge on any atom is 0.0670 e. The minimum absolute atomic E-state index is 0.549. The van der Waals surface area contributed by atoms with Crippen molar-refractivity contribution in [1.29, 1.82) is 0 Å².